The number of likely N-dealkylation sites (N-methyl/N-ethyl adjacent to an activating group) is 1. The molecule has 0 spiro atoms. The van der Waals surface area contributed by atoms with Crippen molar-refractivity contribution >= 4 is 6.03 Å². The molecule has 1 N–H and O–H groups in total. The van der Waals surface area contributed by atoms with Gasteiger partial charge in [0.2, 0.25) is 0 Å². The Hall–Kier alpha value is -1.95. The molecule has 0 aromatic heterocycles. The Morgan fingerprint density at radius 3 is 2.74 bits per heavy atom. The number of ether oxygens (including phenoxy) is 2. The summed E-state index contributed by atoms with van der Waals surface area (Å²) < 4.78 is 11.1. The van der Waals surface area contributed by atoms with E-state index >= 15 is 0 Å². The maximum atomic E-state index is 12.5. The fourth-order valence-corrected chi connectivity index (χ4v) is 2.94. The molecule has 1 aromatic carbocycles. The minimum atomic E-state index is -0.0701. The van der Waals surface area contributed by atoms with Gasteiger partial charge in [-0.2, -0.15) is 0 Å². The van der Waals surface area contributed by atoms with E-state index in [1.165, 1.54) is 0 Å². The van der Waals surface area contributed by atoms with Gasteiger partial charge in [-0.15, -0.1) is 0 Å². The highest BCUT2D eigenvalue weighted by Gasteiger charge is 2.20. The largest absolute Gasteiger partial charge is 0.486 e. The second-order valence-electron chi connectivity index (χ2n) is 6.22. The summed E-state index contributed by atoms with van der Waals surface area (Å²) >= 11 is 0. The lowest BCUT2D eigenvalue weighted by Crippen LogP contribution is -2.42. The molecule has 126 valence electrons. The number of nitrogens with one attached hydrogen (secondary N) is 1. The number of carbonyl (C=O) groups is 1. The number of urea groups is 1. The Bertz CT molecular complexity index is 564. The number of amides is 2. The van der Waals surface area contributed by atoms with Gasteiger partial charge < -0.3 is 24.6 Å². The van der Waals surface area contributed by atoms with Crippen LogP contribution >= 0.6 is 0 Å². The third-order valence-electron chi connectivity index (χ3n) is 4.41. The molecule has 23 heavy (non-hydrogen) atoms. The first-order valence-electron chi connectivity index (χ1n) is 8.27. The van der Waals surface area contributed by atoms with Gasteiger partial charge in [0.15, 0.2) is 11.5 Å². The summed E-state index contributed by atoms with van der Waals surface area (Å²) in [6.07, 6.45) is 1.02. The van der Waals surface area contributed by atoms with E-state index in [-0.39, 0.29) is 12.1 Å². The number of hydrogen-bond acceptors (Lipinski definition) is 4. The second kappa shape index (κ2) is 7.08. The van der Waals surface area contributed by atoms with Crippen molar-refractivity contribution in [3.63, 3.8) is 0 Å². The first-order chi connectivity index (χ1) is 11.1. The molecule has 3 rings (SSSR count). The van der Waals surface area contributed by atoms with Crippen LogP contribution in [0.3, 0.4) is 0 Å². The summed E-state index contributed by atoms with van der Waals surface area (Å²) in [5.74, 6) is 1.53. The van der Waals surface area contributed by atoms with E-state index in [1.54, 1.807) is 0 Å². The number of rotatable bonds is 2. The number of hydrogen-bond donors (Lipinski definition) is 1. The second-order valence-corrected chi connectivity index (χ2v) is 6.22. The first kappa shape index (κ1) is 15.9. The van der Waals surface area contributed by atoms with E-state index in [4.69, 9.17) is 9.47 Å². The Morgan fingerprint density at radius 2 is 1.91 bits per heavy atom. The van der Waals surface area contributed by atoms with Gasteiger partial charge in [0.05, 0.1) is 6.04 Å². The van der Waals surface area contributed by atoms with Gasteiger partial charge in [0.1, 0.15) is 13.2 Å². The van der Waals surface area contributed by atoms with Gasteiger partial charge in [-0.05, 0) is 44.6 Å². The molecule has 1 saturated heterocycles. The zero-order valence-electron chi connectivity index (χ0n) is 13.9. The SMILES string of the molecule is C[C@H](NC(=O)N1CCCN(C)CC1)c1ccc2c(c1)OCCO2. The molecule has 2 heterocycles. The highest BCUT2D eigenvalue weighted by Crippen LogP contribution is 2.32. The van der Waals surface area contributed by atoms with Crippen LogP contribution < -0.4 is 14.8 Å². The molecule has 0 radical (unpaired) electrons. The van der Waals surface area contributed by atoms with Crippen molar-refractivity contribution in [2.45, 2.75) is 19.4 Å². The predicted octanol–water partition coefficient (Wildman–Crippen LogP) is 1.87. The van der Waals surface area contributed by atoms with Crippen molar-refractivity contribution < 1.29 is 14.3 Å². The van der Waals surface area contributed by atoms with Gasteiger partial charge >= 0.3 is 6.03 Å². The van der Waals surface area contributed by atoms with Crippen LogP contribution in [0.15, 0.2) is 18.2 Å². The molecule has 2 aliphatic heterocycles. The average molecular weight is 319 g/mol. The van der Waals surface area contributed by atoms with Gasteiger partial charge in [-0.3, -0.25) is 0 Å². The van der Waals surface area contributed by atoms with Crippen molar-refractivity contribution in [2.75, 3.05) is 46.4 Å². The van der Waals surface area contributed by atoms with Crippen LogP contribution in [0.25, 0.3) is 0 Å². The smallest absolute Gasteiger partial charge is 0.317 e. The number of carbonyl (C=O) groups excluding carboxylic acids is 1. The van der Waals surface area contributed by atoms with Crippen molar-refractivity contribution in [3.8, 4) is 11.5 Å². The molecule has 6 heteroatoms. The maximum Gasteiger partial charge on any atom is 0.317 e. The molecular weight excluding hydrogens is 294 g/mol. The number of fused-ring (bicyclic) bond motifs is 1. The Balaban J connectivity index is 1.62. The molecule has 0 saturated carbocycles. The quantitative estimate of drug-likeness (QED) is 0.904. The third-order valence-corrected chi connectivity index (χ3v) is 4.41. The third kappa shape index (κ3) is 3.88. The normalized spacial score (nSPS) is 19.8. The standard InChI is InChI=1S/C17H25N3O3/c1-13(14-4-5-15-16(12-14)23-11-10-22-15)18-17(21)20-7-3-6-19(2)8-9-20/h4-5,12-13H,3,6-11H2,1-2H3,(H,18,21)/t13-/m0/s1. The van der Waals surface area contributed by atoms with E-state index in [0.29, 0.717) is 13.2 Å². The Morgan fingerprint density at radius 1 is 1.13 bits per heavy atom. The summed E-state index contributed by atoms with van der Waals surface area (Å²) in [6.45, 7) is 6.70. The molecule has 2 aliphatic rings. The molecule has 1 aromatic rings. The van der Waals surface area contributed by atoms with E-state index in [9.17, 15) is 4.79 Å². The van der Waals surface area contributed by atoms with Crippen LogP contribution in [0.5, 0.6) is 11.5 Å². The molecule has 1 fully saturated rings. The topological polar surface area (TPSA) is 54.0 Å². The lowest BCUT2D eigenvalue weighted by molar-refractivity contribution is 0.171. The lowest BCUT2D eigenvalue weighted by atomic mass is 10.1. The fraction of sp³-hybridized carbons (Fsp3) is 0.588. The number of benzene rings is 1. The fourth-order valence-electron chi connectivity index (χ4n) is 2.94. The molecule has 0 bridgehead atoms. The minimum Gasteiger partial charge on any atom is -0.486 e. The lowest BCUT2D eigenvalue weighted by Gasteiger charge is -2.25. The van der Waals surface area contributed by atoms with Crippen LogP contribution in [0.2, 0.25) is 0 Å². The van der Waals surface area contributed by atoms with Crippen molar-refractivity contribution in [3.05, 3.63) is 23.8 Å². The van der Waals surface area contributed by atoms with E-state index < -0.39 is 0 Å². The Kier molecular flexibility index (Phi) is 4.91. The van der Waals surface area contributed by atoms with Gasteiger partial charge in [-0.1, -0.05) is 6.07 Å². The summed E-state index contributed by atoms with van der Waals surface area (Å²) in [4.78, 5) is 16.6. The molecular formula is C17H25N3O3. The highest BCUT2D eigenvalue weighted by molar-refractivity contribution is 5.74. The van der Waals surface area contributed by atoms with Crippen LogP contribution in [0.4, 0.5) is 4.79 Å². The zero-order chi connectivity index (χ0) is 16.2. The van der Waals surface area contributed by atoms with Crippen LogP contribution in [-0.2, 0) is 0 Å². The average Bonchev–Trinajstić information content (AvgIpc) is 2.79. The summed E-state index contributed by atoms with van der Waals surface area (Å²) in [7, 11) is 2.10. The zero-order valence-corrected chi connectivity index (χ0v) is 13.9. The van der Waals surface area contributed by atoms with Gasteiger partial charge in [0, 0.05) is 19.6 Å². The Labute approximate surface area is 137 Å². The van der Waals surface area contributed by atoms with Crippen LogP contribution in [0, 0.1) is 0 Å². The summed E-state index contributed by atoms with van der Waals surface area (Å²) in [5.41, 5.74) is 1.02. The van der Waals surface area contributed by atoms with Crippen LogP contribution in [0.1, 0.15) is 24.9 Å². The summed E-state index contributed by atoms with van der Waals surface area (Å²) in [6, 6.07) is 5.78. The van der Waals surface area contributed by atoms with Crippen molar-refractivity contribution in [2.24, 2.45) is 0 Å². The summed E-state index contributed by atoms with van der Waals surface area (Å²) in [5, 5.41) is 3.09. The molecule has 0 unspecified atom stereocenters. The monoisotopic (exact) mass is 319 g/mol. The highest BCUT2D eigenvalue weighted by atomic mass is 16.6. The van der Waals surface area contributed by atoms with Crippen LogP contribution in [-0.4, -0.2) is 62.3 Å². The van der Waals surface area contributed by atoms with Gasteiger partial charge in [0.25, 0.3) is 0 Å². The first-order valence-corrected chi connectivity index (χ1v) is 8.27. The molecule has 1 atom stereocenters. The van der Waals surface area contributed by atoms with Crippen molar-refractivity contribution in [1.29, 1.82) is 0 Å². The van der Waals surface area contributed by atoms with E-state index in [0.717, 1.165) is 49.7 Å². The predicted molar refractivity (Wildman–Crippen MR) is 88.1 cm³/mol. The molecule has 2 amide bonds. The van der Waals surface area contributed by atoms with Crippen molar-refractivity contribution in [1.82, 2.24) is 15.1 Å². The number of nitrogens with zero attached hydrogens (tertiary/aromatic N) is 2. The maximum absolute atomic E-state index is 12.5. The minimum absolute atomic E-state index is 0.00249. The molecule has 0 aliphatic carbocycles. The molecule has 6 nitrogen and oxygen atoms in total. The van der Waals surface area contributed by atoms with Gasteiger partial charge in [-0.25, -0.2) is 4.79 Å². The van der Waals surface area contributed by atoms with E-state index in [1.807, 2.05) is 30.0 Å². The van der Waals surface area contributed by atoms with E-state index in [2.05, 4.69) is 17.3 Å².